The van der Waals surface area contributed by atoms with Crippen LogP contribution in [0.3, 0.4) is 0 Å². The summed E-state index contributed by atoms with van der Waals surface area (Å²) in [7, 11) is 0. The van der Waals surface area contributed by atoms with E-state index in [1.807, 2.05) is 12.1 Å². The highest BCUT2D eigenvalue weighted by molar-refractivity contribution is 6.31. The maximum absolute atomic E-state index is 6.16. The molecule has 0 aliphatic heterocycles. The van der Waals surface area contributed by atoms with Crippen LogP contribution in [0.25, 0.3) is 10.9 Å². The minimum Gasteiger partial charge on any atom is -0.368 e. The molecule has 5 heteroatoms. The van der Waals surface area contributed by atoms with Gasteiger partial charge in [0.1, 0.15) is 0 Å². The van der Waals surface area contributed by atoms with Gasteiger partial charge in [-0.25, -0.2) is 9.97 Å². The van der Waals surface area contributed by atoms with Gasteiger partial charge in [0, 0.05) is 10.4 Å². The monoisotopic (exact) mass is 234 g/mol. The average Bonchev–Trinajstić information content (AvgIpc) is 2.97. The van der Waals surface area contributed by atoms with E-state index >= 15 is 0 Å². The number of nitrogens with two attached hydrogens (primary N) is 2. The molecule has 1 aliphatic rings. The molecule has 16 heavy (non-hydrogen) atoms. The SMILES string of the molecule is Nc1nc(C2(N)CC2)c2cc(Cl)ccc2n1. The summed E-state index contributed by atoms with van der Waals surface area (Å²) in [5.74, 6) is 0.265. The third-order valence-electron chi connectivity index (χ3n) is 2.94. The lowest BCUT2D eigenvalue weighted by atomic mass is 10.1. The molecule has 3 rings (SSSR count). The zero-order valence-corrected chi connectivity index (χ0v) is 9.33. The van der Waals surface area contributed by atoms with Crippen LogP contribution in [-0.4, -0.2) is 9.97 Å². The summed E-state index contributed by atoms with van der Waals surface area (Å²) >= 11 is 5.97. The van der Waals surface area contributed by atoms with E-state index < -0.39 is 0 Å². The fourth-order valence-electron chi connectivity index (χ4n) is 1.87. The summed E-state index contributed by atoms with van der Waals surface area (Å²) in [6, 6.07) is 5.47. The summed E-state index contributed by atoms with van der Waals surface area (Å²) < 4.78 is 0. The van der Waals surface area contributed by atoms with Gasteiger partial charge in [0.2, 0.25) is 5.95 Å². The first-order valence-corrected chi connectivity index (χ1v) is 5.48. The average molecular weight is 235 g/mol. The lowest BCUT2D eigenvalue weighted by Crippen LogP contribution is -2.21. The van der Waals surface area contributed by atoms with Crippen LogP contribution >= 0.6 is 11.6 Å². The summed E-state index contributed by atoms with van der Waals surface area (Å²) in [6.07, 6.45) is 1.87. The molecule has 0 radical (unpaired) electrons. The molecule has 1 aromatic heterocycles. The number of halogens is 1. The first-order chi connectivity index (χ1) is 7.58. The van der Waals surface area contributed by atoms with Gasteiger partial charge in [-0.1, -0.05) is 11.6 Å². The van der Waals surface area contributed by atoms with Crippen molar-refractivity contribution in [1.29, 1.82) is 0 Å². The first-order valence-electron chi connectivity index (χ1n) is 5.11. The van der Waals surface area contributed by atoms with Crippen molar-refractivity contribution in [2.45, 2.75) is 18.4 Å². The van der Waals surface area contributed by atoms with Crippen LogP contribution in [0.2, 0.25) is 5.02 Å². The molecule has 0 bridgehead atoms. The second kappa shape index (κ2) is 3.06. The van der Waals surface area contributed by atoms with Crippen molar-refractivity contribution in [3.63, 3.8) is 0 Å². The lowest BCUT2D eigenvalue weighted by molar-refractivity contribution is 0.716. The van der Waals surface area contributed by atoms with Gasteiger partial charge in [-0.05, 0) is 31.0 Å². The number of anilines is 1. The topological polar surface area (TPSA) is 77.8 Å². The van der Waals surface area contributed by atoms with Crippen LogP contribution in [0, 0.1) is 0 Å². The van der Waals surface area contributed by atoms with Gasteiger partial charge in [-0.2, -0.15) is 0 Å². The van der Waals surface area contributed by atoms with Gasteiger partial charge in [0.05, 0.1) is 16.7 Å². The number of nitrogens with zero attached hydrogens (tertiary/aromatic N) is 2. The number of fused-ring (bicyclic) bond motifs is 1. The maximum atomic E-state index is 6.16. The van der Waals surface area contributed by atoms with Crippen molar-refractivity contribution >= 4 is 28.5 Å². The lowest BCUT2D eigenvalue weighted by Gasteiger charge is -2.12. The molecule has 1 fully saturated rings. The Bertz CT molecular complexity index is 577. The van der Waals surface area contributed by atoms with Crippen molar-refractivity contribution in [2.24, 2.45) is 5.73 Å². The summed E-state index contributed by atoms with van der Waals surface area (Å²) in [4.78, 5) is 8.43. The van der Waals surface area contributed by atoms with Crippen LogP contribution in [0.4, 0.5) is 5.95 Å². The van der Waals surface area contributed by atoms with E-state index in [2.05, 4.69) is 9.97 Å². The van der Waals surface area contributed by atoms with E-state index in [1.165, 1.54) is 0 Å². The molecule has 1 aliphatic carbocycles. The molecule has 4 N–H and O–H groups in total. The van der Waals surface area contributed by atoms with Crippen LogP contribution in [0.5, 0.6) is 0 Å². The van der Waals surface area contributed by atoms with Gasteiger partial charge in [0.15, 0.2) is 0 Å². The quantitative estimate of drug-likeness (QED) is 0.789. The first kappa shape index (κ1) is 9.81. The van der Waals surface area contributed by atoms with Crippen molar-refractivity contribution in [3.8, 4) is 0 Å². The molecular weight excluding hydrogens is 224 g/mol. The number of aromatic nitrogens is 2. The minimum absolute atomic E-state index is 0.265. The summed E-state index contributed by atoms with van der Waals surface area (Å²) in [5.41, 5.74) is 13.1. The van der Waals surface area contributed by atoms with E-state index in [-0.39, 0.29) is 11.5 Å². The van der Waals surface area contributed by atoms with Crippen molar-refractivity contribution < 1.29 is 0 Å². The highest BCUT2D eigenvalue weighted by Crippen LogP contribution is 2.44. The van der Waals surface area contributed by atoms with E-state index in [1.54, 1.807) is 6.07 Å². The van der Waals surface area contributed by atoms with Crippen LogP contribution in [0.1, 0.15) is 18.5 Å². The van der Waals surface area contributed by atoms with Crippen LogP contribution in [0.15, 0.2) is 18.2 Å². The Morgan fingerprint density at radius 3 is 2.69 bits per heavy atom. The molecule has 0 unspecified atom stereocenters. The number of rotatable bonds is 1. The third kappa shape index (κ3) is 1.42. The number of hydrogen-bond acceptors (Lipinski definition) is 4. The van der Waals surface area contributed by atoms with Gasteiger partial charge in [0.25, 0.3) is 0 Å². The molecule has 0 amide bonds. The van der Waals surface area contributed by atoms with E-state index in [0.717, 1.165) is 29.4 Å². The normalized spacial score (nSPS) is 17.6. The molecule has 0 atom stereocenters. The smallest absolute Gasteiger partial charge is 0.220 e. The van der Waals surface area contributed by atoms with Crippen LogP contribution < -0.4 is 11.5 Å². The molecule has 82 valence electrons. The highest BCUT2D eigenvalue weighted by Gasteiger charge is 2.43. The molecule has 0 saturated heterocycles. The predicted molar refractivity (Wildman–Crippen MR) is 64.1 cm³/mol. The maximum Gasteiger partial charge on any atom is 0.220 e. The van der Waals surface area contributed by atoms with Gasteiger partial charge < -0.3 is 11.5 Å². The molecule has 1 saturated carbocycles. The van der Waals surface area contributed by atoms with Gasteiger partial charge in [-0.15, -0.1) is 0 Å². The van der Waals surface area contributed by atoms with Crippen molar-refractivity contribution in [1.82, 2.24) is 9.97 Å². The second-order valence-electron chi connectivity index (χ2n) is 4.25. The zero-order valence-electron chi connectivity index (χ0n) is 8.57. The predicted octanol–water partition coefficient (Wildman–Crippen LogP) is 1.81. The fraction of sp³-hybridized carbons (Fsp3) is 0.273. The van der Waals surface area contributed by atoms with Gasteiger partial charge >= 0.3 is 0 Å². The Hall–Kier alpha value is -1.39. The van der Waals surface area contributed by atoms with E-state index in [4.69, 9.17) is 23.1 Å². The van der Waals surface area contributed by atoms with E-state index in [9.17, 15) is 0 Å². The third-order valence-corrected chi connectivity index (χ3v) is 3.17. The van der Waals surface area contributed by atoms with Gasteiger partial charge in [-0.3, -0.25) is 0 Å². The number of nitrogen functional groups attached to an aromatic ring is 1. The minimum atomic E-state index is -0.333. The van der Waals surface area contributed by atoms with E-state index in [0.29, 0.717) is 5.02 Å². The van der Waals surface area contributed by atoms with Crippen LogP contribution in [-0.2, 0) is 5.54 Å². The Kier molecular flexibility index (Phi) is 1.87. The van der Waals surface area contributed by atoms with Crippen molar-refractivity contribution in [2.75, 3.05) is 5.73 Å². The van der Waals surface area contributed by atoms with Crippen molar-refractivity contribution in [3.05, 3.63) is 28.9 Å². The molecule has 4 nitrogen and oxygen atoms in total. The Balaban J connectivity index is 2.36. The Morgan fingerprint density at radius 1 is 1.25 bits per heavy atom. The molecule has 2 aromatic rings. The summed E-state index contributed by atoms with van der Waals surface area (Å²) in [6.45, 7) is 0. The largest absolute Gasteiger partial charge is 0.368 e. The number of hydrogen-bond donors (Lipinski definition) is 2. The fourth-order valence-corrected chi connectivity index (χ4v) is 2.04. The molecule has 1 heterocycles. The zero-order chi connectivity index (χ0) is 11.3. The Labute approximate surface area is 97.6 Å². The highest BCUT2D eigenvalue weighted by atomic mass is 35.5. The summed E-state index contributed by atoms with van der Waals surface area (Å²) in [5, 5.41) is 1.56. The number of benzene rings is 1. The Morgan fingerprint density at radius 2 is 2.00 bits per heavy atom. The molecule has 1 aromatic carbocycles. The standard InChI is InChI=1S/C11H11ClN4/c12-6-1-2-8-7(5-6)9(11(14)3-4-11)16-10(13)15-8/h1-2,5H,3-4,14H2,(H2,13,15,16). The molecular formula is C11H11ClN4. The second-order valence-corrected chi connectivity index (χ2v) is 4.68. The molecule has 0 spiro atoms.